The zero-order valence-corrected chi connectivity index (χ0v) is 14.5. The first-order valence-electron chi connectivity index (χ1n) is 8.70. The highest BCUT2D eigenvalue weighted by Crippen LogP contribution is 2.17. The number of nitrogens with one attached hydrogen (secondary N) is 1. The van der Waals surface area contributed by atoms with E-state index in [9.17, 15) is 4.79 Å². The number of rotatable bonds is 7. The molecule has 128 valence electrons. The number of ether oxygens (including phenoxy) is 1. The Labute approximate surface area is 142 Å². The van der Waals surface area contributed by atoms with Crippen molar-refractivity contribution in [3.05, 3.63) is 22.4 Å². The normalized spacial score (nSPS) is 21.7. The summed E-state index contributed by atoms with van der Waals surface area (Å²) in [7, 11) is 0. The lowest BCUT2D eigenvalue weighted by Gasteiger charge is -2.26. The Hall–Kier alpha value is -1.11. The molecule has 3 heterocycles. The summed E-state index contributed by atoms with van der Waals surface area (Å²) in [4.78, 5) is 18.1. The van der Waals surface area contributed by atoms with Crippen molar-refractivity contribution in [1.29, 1.82) is 0 Å². The zero-order chi connectivity index (χ0) is 15.9. The summed E-state index contributed by atoms with van der Waals surface area (Å²) >= 11 is 1.70. The average Bonchev–Trinajstić information content (AvgIpc) is 3.30. The van der Waals surface area contributed by atoms with E-state index in [1.807, 2.05) is 11.0 Å². The third-order valence-electron chi connectivity index (χ3n) is 4.56. The van der Waals surface area contributed by atoms with Crippen LogP contribution in [-0.4, -0.2) is 61.3 Å². The second kappa shape index (κ2) is 8.66. The lowest BCUT2D eigenvalue weighted by molar-refractivity contribution is 0.0796. The number of hydrogen-bond acceptors (Lipinski definition) is 4. The molecule has 0 unspecified atom stereocenters. The molecule has 2 fully saturated rings. The molecule has 1 aromatic heterocycles. The molecule has 23 heavy (non-hydrogen) atoms. The third-order valence-corrected chi connectivity index (χ3v) is 5.43. The van der Waals surface area contributed by atoms with Gasteiger partial charge in [-0.15, -0.1) is 11.3 Å². The topological polar surface area (TPSA) is 44.8 Å². The number of amides is 2. The Morgan fingerprint density at radius 3 is 2.96 bits per heavy atom. The van der Waals surface area contributed by atoms with Crippen LogP contribution < -0.4 is 5.32 Å². The van der Waals surface area contributed by atoms with Gasteiger partial charge in [-0.3, -0.25) is 0 Å². The molecule has 3 rings (SSSR count). The van der Waals surface area contributed by atoms with Gasteiger partial charge in [0.25, 0.3) is 0 Å². The van der Waals surface area contributed by atoms with Crippen LogP contribution in [0.2, 0.25) is 0 Å². The molecule has 1 aromatic rings. The molecular weight excluding hydrogens is 310 g/mol. The Morgan fingerprint density at radius 1 is 1.39 bits per heavy atom. The quantitative estimate of drug-likeness (QED) is 0.831. The SMILES string of the molecule is O=C(NCCN1CCCC1)N(Cc1cccs1)C[C@@H]1CCCO1. The number of hydrogen-bond donors (Lipinski definition) is 1. The second-order valence-electron chi connectivity index (χ2n) is 6.38. The smallest absolute Gasteiger partial charge is 0.317 e. The summed E-state index contributed by atoms with van der Waals surface area (Å²) < 4.78 is 5.71. The van der Waals surface area contributed by atoms with Gasteiger partial charge in [-0.2, -0.15) is 0 Å². The van der Waals surface area contributed by atoms with Crippen molar-refractivity contribution in [2.45, 2.75) is 38.3 Å². The Balaban J connectivity index is 1.49. The highest BCUT2D eigenvalue weighted by molar-refractivity contribution is 7.09. The first kappa shape index (κ1) is 16.7. The highest BCUT2D eigenvalue weighted by atomic mass is 32.1. The van der Waals surface area contributed by atoms with Crippen molar-refractivity contribution < 1.29 is 9.53 Å². The maximum Gasteiger partial charge on any atom is 0.317 e. The minimum absolute atomic E-state index is 0.0353. The predicted molar refractivity (Wildman–Crippen MR) is 92.8 cm³/mol. The molecule has 0 saturated carbocycles. The number of nitrogens with zero attached hydrogens (tertiary/aromatic N) is 2. The van der Waals surface area contributed by atoms with Crippen LogP contribution in [0.25, 0.3) is 0 Å². The summed E-state index contributed by atoms with van der Waals surface area (Å²) in [6, 6.07) is 4.16. The fourth-order valence-electron chi connectivity index (χ4n) is 3.28. The first-order valence-corrected chi connectivity index (χ1v) is 9.58. The largest absolute Gasteiger partial charge is 0.376 e. The van der Waals surface area contributed by atoms with Crippen molar-refractivity contribution in [3.8, 4) is 0 Å². The molecule has 0 radical (unpaired) electrons. The minimum atomic E-state index is 0.0353. The van der Waals surface area contributed by atoms with Crippen LogP contribution in [0.4, 0.5) is 4.79 Å². The molecule has 5 nitrogen and oxygen atoms in total. The Bertz CT molecular complexity index is 468. The lowest BCUT2D eigenvalue weighted by atomic mass is 10.2. The van der Waals surface area contributed by atoms with Gasteiger partial charge in [0.2, 0.25) is 0 Å². The number of thiophene rings is 1. The standard InChI is InChI=1S/C17H27N3O2S/c21-17(18-7-10-19-8-1-2-9-19)20(13-15-5-3-11-22-15)14-16-6-4-12-23-16/h4,6,12,15H,1-3,5,7-11,13-14H2,(H,18,21)/t15-/m0/s1. The van der Waals surface area contributed by atoms with Gasteiger partial charge in [0, 0.05) is 31.1 Å². The van der Waals surface area contributed by atoms with Gasteiger partial charge >= 0.3 is 6.03 Å². The molecule has 1 atom stereocenters. The van der Waals surface area contributed by atoms with E-state index in [2.05, 4.69) is 21.7 Å². The van der Waals surface area contributed by atoms with E-state index < -0.39 is 0 Å². The van der Waals surface area contributed by atoms with Crippen molar-refractivity contribution in [1.82, 2.24) is 15.1 Å². The molecule has 2 amide bonds. The van der Waals surface area contributed by atoms with Gasteiger partial charge in [-0.1, -0.05) is 6.07 Å². The van der Waals surface area contributed by atoms with Crippen molar-refractivity contribution in [2.24, 2.45) is 0 Å². The monoisotopic (exact) mass is 337 g/mol. The summed E-state index contributed by atoms with van der Waals surface area (Å²) in [5.41, 5.74) is 0. The Kier molecular flexibility index (Phi) is 6.30. The molecule has 2 aliphatic heterocycles. The number of carbonyl (C=O) groups excluding carboxylic acids is 1. The van der Waals surface area contributed by atoms with Crippen LogP contribution in [0.1, 0.15) is 30.6 Å². The van der Waals surface area contributed by atoms with Crippen molar-refractivity contribution in [2.75, 3.05) is 39.3 Å². The van der Waals surface area contributed by atoms with Gasteiger partial charge in [-0.05, 0) is 50.2 Å². The molecule has 6 heteroatoms. The van der Waals surface area contributed by atoms with Crippen LogP contribution in [0.3, 0.4) is 0 Å². The fourth-order valence-corrected chi connectivity index (χ4v) is 4.00. The van der Waals surface area contributed by atoms with Gasteiger partial charge < -0.3 is 19.9 Å². The van der Waals surface area contributed by atoms with Gasteiger partial charge in [-0.25, -0.2) is 4.79 Å². The highest BCUT2D eigenvalue weighted by Gasteiger charge is 2.23. The zero-order valence-electron chi connectivity index (χ0n) is 13.7. The van der Waals surface area contributed by atoms with Gasteiger partial charge in [0.05, 0.1) is 12.6 Å². The maximum absolute atomic E-state index is 12.6. The van der Waals surface area contributed by atoms with Crippen LogP contribution >= 0.6 is 11.3 Å². The van der Waals surface area contributed by atoms with E-state index in [1.165, 1.54) is 30.8 Å². The van der Waals surface area contributed by atoms with Crippen LogP contribution in [-0.2, 0) is 11.3 Å². The average molecular weight is 337 g/mol. The minimum Gasteiger partial charge on any atom is -0.376 e. The number of carbonyl (C=O) groups is 1. The van der Waals surface area contributed by atoms with Crippen molar-refractivity contribution >= 4 is 17.4 Å². The third kappa shape index (κ3) is 5.19. The van der Waals surface area contributed by atoms with E-state index in [0.717, 1.165) is 32.5 Å². The summed E-state index contributed by atoms with van der Waals surface area (Å²) in [6.45, 7) is 6.22. The van der Waals surface area contributed by atoms with E-state index in [1.54, 1.807) is 11.3 Å². The molecule has 2 aliphatic rings. The van der Waals surface area contributed by atoms with E-state index in [4.69, 9.17) is 4.74 Å². The molecule has 0 aromatic carbocycles. The van der Waals surface area contributed by atoms with Crippen LogP contribution in [0.15, 0.2) is 17.5 Å². The first-order chi connectivity index (χ1) is 11.3. The summed E-state index contributed by atoms with van der Waals surface area (Å²) in [6.07, 6.45) is 4.93. The molecule has 2 saturated heterocycles. The second-order valence-corrected chi connectivity index (χ2v) is 7.41. The van der Waals surface area contributed by atoms with Crippen LogP contribution in [0, 0.1) is 0 Å². The van der Waals surface area contributed by atoms with Gasteiger partial charge in [0.15, 0.2) is 0 Å². The molecule has 0 bridgehead atoms. The van der Waals surface area contributed by atoms with Gasteiger partial charge in [0.1, 0.15) is 0 Å². The number of likely N-dealkylation sites (tertiary alicyclic amines) is 1. The van der Waals surface area contributed by atoms with Crippen LogP contribution in [0.5, 0.6) is 0 Å². The molecule has 0 aliphatic carbocycles. The molecule has 0 spiro atoms. The van der Waals surface area contributed by atoms with E-state index >= 15 is 0 Å². The maximum atomic E-state index is 12.6. The Morgan fingerprint density at radius 2 is 2.26 bits per heavy atom. The van der Waals surface area contributed by atoms with Crippen molar-refractivity contribution in [3.63, 3.8) is 0 Å². The summed E-state index contributed by atoms with van der Waals surface area (Å²) in [5, 5.41) is 5.15. The molecule has 1 N–H and O–H groups in total. The molecular formula is C17H27N3O2S. The van der Waals surface area contributed by atoms with E-state index in [0.29, 0.717) is 13.1 Å². The predicted octanol–water partition coefficient (Wildman–Crippen LogP) is 2.53. The fraction of sp³-hybridized carbons (Fsp3) is 0.706. The summed E-state index contributed by atoms with van der Waals surface area (Å²) in [5.74, 6) is 0. The number of urea groups is 1. The lowest BCUT2D eigenvalue weighted by Crippen LogP contribution is -2.45. The van der Waals surface area contributed by atoms with E-state index in [-0.39, 0.29) is 12.1 Å².